The second-order valence-corrected chi connectivity index (χ2v) is 13.1. The first-order valence-electron chi connectivity index (χ1n) is 14.7. The Labute approximate surface area is 252 Å². The number of carbonyl (C=O) groups is 1. The molecule has 0 aliphatic carbocycles. The number of aryl methyl sites for hydroxylation is 1. The van der Waals surface area contributed by atoms with Gasteiger partial charge in [0.25, 0.3) is 0 Å². The number of anilines is 1. The molecule has 5 rings (SSSR count). The smallest absolute Gasteiger partial charge is 0.312 e. The first-order chi connectivity index (χ1) is 20.0. The topological polar surface area (TPSA) is 72.9 Å². The number of nitrogens with one attached hydrogen (secondary N) is 1. The lowest BCUT2D eigenvalue weighted by molar-refractivity contribution is -0.165. The average molecular weight is 596 g/mol. The fraction of sp³-hybridized carbons (Fsp3) is 0.515. The minimum atomic E-state index is -0.547. The van der Waals surface area contributed by atoms with Crippen LogP contribution in [0.2, 0.25) is 0 Å². The summed E-state index contributed by atoms with van der Waals surface area (Å²) in [6.45, 7) is 13.2. The minimum Gasteiger partial charge on any atom is -0.488 e. The molecule has 1 N–H and O–H groups in total. The lowest BCUT2D eigenvalue weighted by Gasteiger charge is -2.37. The van der Waals surface area contributed by atoms with E-state index < -0.39 is 5.60 Å². The molecule has 2 atom stereocenters. The van der Waals surface area contributed by atoms with E-state index in [2.05, 4.69) is 29.3 Å². The number of aromatic nitrogens is 1. The Morgan fingerprint density at radius 3 is 2.74 bits per heavy atom. The number of rotatable bonds is 7. The summed E-state index contributed by atoms with van der Waals surface area (Å²) >= 11 is 1.50. The molecule has 0 saturated carbocycles. The lowest BCUT2D eigenvalue weighted by atomic mass is 9.93. The van der Waals surface area contributed by atoms with Crippen LogP contribution in [0.1, 0.15) is 55.0 Å². The second-order valence-electron chi connectivity index (χ2n) is 12.3. The SMILES string of the molecule is CO[C@@H]1CN(c2nc(-c3cc(F)cc(C)c3OCc3ccc4c(c3C)CCNCC4)cs2)CC[C@@H]1C(=O)OC(C)(C)C. The van der Waals surface area contributed by atoms with Gasteiger partial charge in [-0.05, 0) is 107 Å². The van der Waals surface area contributed by atoms with Crippen molar-refractivity contribution in [2.45, 2.75) is 72.2 Å². The zero-order chi connectivity index (χ0) is 30.0. The van der Waals surface area contributed by atoms with Crippen molar-refractivity contribution < 1.29 is 23.4 Å². The quantitative estimate of drug-likeness (QED) is 0.335. The van der Waals surface area contributed by atoms with Crippen molar-refractivity contribution in [1.29, 1.82) is 0 Å². The summed E-state index contributed by atoms with van der Waals surface area (Å²) in [5.41, 5.74) is 6.72. The summed E-state index contributed by atoms with van der Waals surface area (Å²) in [4.78, 5) is 19.8. The van der Waals surface area contributed by atoms with E-state index in [1.165, 1.54) is 40.2 Å². The van der Waals surface area contributed by atoms with Gasteiger partial charge in [0.15, 0.2) is 5.13 Å². The molecule has 226 valence electrons. The molecule has 1 fully saturated rings. The predicted octanol–water partition coefficient (Wildman–Crippen LogP) is 6.02. The molecule has 9 heteroatoms. The molecule has 0 unspecified atom stereocenters. The van der Waals surface area contributed by atoms with Crippen molar-refractivity contribution in [1.82, 2.24) is 10.3 Å². The fourth-order valence-electron chi connectivity index (χ4n) is 5.93. The van der Waals surface area contributed by atoms with Crippen molar-refractivity contribution in [2.75, 3.05) is 38.2 Å². The third-order valence-corrected chi connectivity index (χ3v) is 9.05. The molecule has 0 amide bonds. The van der Waals surface area contributed by atoms with Crippen LogP contribution in [0.15, 0.2) is 29.6 Å². The molecule has 0 spiro atoms. The van der Waals surface area contributed by atoms with Gasteiger partial charge >= 0.3 is 5.97 Å². The number of methoxy groups -OCH3 is 1. The van der Waals surface area contributed by atoms with Gasteiger partial charge in [-0.25, -0.2) is 9.37 Å². The zero-order valence-electron chi connectivity index (χ0n) is 25.5. The Morgan fingerprint density at radius 2 is 1.98 bits per heavy atom. The zero-order valence-corrected chi connectivity index (χ0v) is 26.3. The van der Waals surface area contributed by atoms with Crippen molar-refractivity contribution in [3.63, 3.8) is 0 Å². The number of esters is 1. The molecule has 42 heavy (non-hydrogen) atoms. The number of benzene rings is 2. The van der Waals surface area contributed by atoms with Gasteiger partial charge < -0.3 is 24.4 Å². The Kier molecular flexibility index (Phi) is 9.20. The maximum Gasteiger partial charge on any atom is 0.312 e. The Balaban J connectivity index is 1.34. The van der Waals surface area contributed by atoms with E-state index in [4.69, 9.17) is 19.2 Å². The first-order valence-corrected chi connectivity index (χ1v) is 15.6. The highest BCUT2D eigenvalue weighted by Crippen LogP contribution is 2.38. The van der Waals surface area contributed by atoms with Gasteiger partial charge in [0.05, 0.1) is 17.7 Å². The van der Waals surface area contributed by atoms with Crippen LogP contribution in [-0.2, 0) is 33.7 Å². The molecule has 3 aromatic rings. The number of halogens is 1. The molecule has 1 saturated heterocycles. The summed E-state index contributed by atoms with van der Waals surface area (Å²) in [7, 11) is 1.63. The third kappa shape index (κ3) is 6.79. The highest BCUT2D eigenvalue weighted by atomic mass is 32.1. The largest absolute Gasteiger partial charge is 0.488 e. The van der Waals surface area contributed by atoms with Crippen molar-refractivity contribution in [3.8, 4) is 17.0 Å². The molecule has 2 aliphatic heterocycles. The van der Waals surface area contributed by atoms with Crippen LogP contribution < -0.4 is 15.0 Å². The predicted molar refractivity (Wildman–Crippen MR) is 165 cm³/mol. The highest BCUT2D eigenvalue weighted by Gasteiger charge is 2.38. The molecular formula is C33H42FN3O4S. The fourth-order valence-corrected chi connectivity index (χ4v) is 6.80. The van der Waals surface area contributed by atoms with Gasteiger partial charge in [0, 0.05) is 31.1 Å². The molecule has 1 aromatic heterocycles. The van der Waals surface area contributed by atoms with Crippen LogP contribution in [0, 0.1) is 25.6 Å². The average Bonchev–Trinajstić information content (AvgIpc) is 3.30. The molecule has 3 heterocycles. The van der Waals surface area contributed by atoms with E-state index in [1.807, 2.05) is 33.1 Å². The standard InChI is InChI=1S/C33H42FN3O4S/c1-20-15-24(34)16-27(30(20)40-18-23-8-7-22-9-12-35-13-10-25(22)21(23)2)28-19-42-32(36-28)37-14-11-26(29(17-37)39-6)31(38)41-33(3,4)5/h7-8,15-16,19,26,29,35H,9-14,17-18H2,1-6H3/t26-,29+/m0/s1. The van der Waals surface area contributed by atoms with E-state index in [0.717, 1.165) is 42.2 Å². The molecule has 0 bridgehead atoms. The van der Waals surface area contributed by atoms with Gasteiger partial charge in [0.2, 0.25) is 0 Å². The summed E-state index contributed by atoms with van der Waals surface area (Å²) in [6.07, 6.45) is 2.34. The highest BCUT2D eigenvalue weighted by molar-refractivity contribution is 7.14. The third-order valence-electron chi connectivity index (χ3n) is 8.15. The van der Waals surface area contributed by atoms with E-state index in [-0.39, 0.29) is 23.8 Å². The van der Waals surface area contributed by atoms with Crippen LogP contribution in [0.3, 0.4) is 0 Å². The number of piperidine rings is 1. The van der Waals surface area contributed by atoms with Crippen LogP contribution in [-0.4, -0.2) is 55.9 Å². The van der Waals surface area contributed by atoms with Gasteiger partial charge in [-0.3, -0.25) is 4.79 Å². The van der Waals surface area contributed by atoms with Gasteiger partial charge in [-0.2, -0.15) is 0 Å². The summed E-state index contributed by atoms with van der Waals surface area (Å²) in [6, 6.07) is 7.39. The number of thiazole rings is 1. The van der Waals surface area contributed by atoms with Gasteiger partial charge in [0.1, 0.15) is 23.8 Å². The van der Waals surface area contributed by atoms with Crippen LogP contribution >= 0.6 is 11.3 Å². The Hall–Kier alpha value is -3.01. The maximum atomic E-state index is 14.7. The number of hydrogen-bond donors (Lipinski definition) is 1. The molecule has 2 aromatic carbocycles. The number of carbonyl (C=O) groups excluding carboxylic acids is 1. The number of nitrogens with zero attached hydrogens (tertiary/aromatic N) is 2. The lowest BCUT2D eigenvalue weighted by Crippen LogP contribution is -2.49. The van der Waals surface area contributed by atoms with Crippen molar-refractivity contribution >= 4 is 22.4 Å². The Morgan fingerprint density at radius 1 is 1.19 bits per heavy atom. The first kappa shape index (κ1) is 30.4. The molecule has 0 radical (unpaired) electrons. The number of hydrogen-bond acceptors (Lipinski definition) is 8. The van der Waals surface area contributed by atoms with E-state index in [1.54, 1.807) is 7.11 Å². The van der Waals surface area contributed by atoms with Crippen LogP contribution in [0.5, 0.6) is 5.75 Å². The second kappa shape index (κ2) is 12.7. The normalized spacial score (nSPS) is 19.3. The summed E-state index contributed by atoms with van der Waals surface area (Å²) < 4.78 is 32.5. The molecule has 7 nitrogen and oxygen atoms in total. The Bertz CT molecular complexity index is 1430. The monoisotopic (exact) mass is 595 g/mol. The van der Waals surface area contributed by atoms with Crippen molar-refractivity contribution in [2.24, 2.45) is 5.92 Å². The van der Waals surface area contributed by atoms with Gasteiger partial charge in [-0.1, -0.05) is 12.1 Å². The van der Waals surface area contributed by atoms with E-state index >= 15 is 0 Å². The summed E-state index contributed by atoms with van der Waals surface area (Å²) in [5.74, 6) is -0.242. The van der Waals surface area contributed by atoms with E-state index in [9.17, 15) is 9.18 Å². The molecule has 2 aliphatic rings. The summed E-state index contributed by atoms with van der Waals surface area (Å²) in [5, 5.41) is 6.23. The maximum absolute atomic E-state index is 14.7. The molecular weight excluding hydrogens is 553 g/mol. The number of ether oxygens (including phenoxy) is 3. The van der Waals surface area contributed by atoms with E-state index in [0.29, 0.717) is 43.1 Å². The number of fused-ring (bicyclic) bond motifs is 1. The van der Waals surface area contributed by atoms with Crippen LogP contribution in [0.25, 0.3) is 11.3 Å². The van der Waals surface area contributed by atoms with Crippen molar-refractivity contribution in [3.05, 3.63) is 63.3 Å². The van der Waals surface area contributed by atoms with Gasteiger partial charge in [-0.15, -0.1) is 11.3 Å². The minimum absolute atomic E-state index is 0.229. The van der Waals surface area contributed by atoms with Crippen LogP contribution in [0.4, 0.5) is 9.52 Å².